The van der Waals surface area contributed by atoms with Gasteiger partial charge in [-0.15, -0.1) is 0 Å². The van der Waals surface area contributed by atoms with Crippen LogP contribution in [0.2, 0.25) is 0 Å². The van der Waals surface area contributed by atoms with Crippen LogP contribution in [0.25, 0.3) is 0 Å². The van der Waals surface area contributed by atoms with Crippen LogP contribution in [0, 0.1) is 0 Å². The predicted molar refractivity (Wildman–Crippen MR) is 62.6 cm³/mol. The average molecular weight is 203 g/mol. The summed E-state index contributed by atoms with van der Waals surface area (Å²) in [5.41, 5.74) is 14.5. The molecule has 0 aromatic heterocycles. The molecule has 14 heavy (non-hydrogen) atoms. The second kappa shape index (κ2) is 22.8. The van der Waals surface area contributed by atoms with Gasteiger partial charge in [-0.2, -0.15) is 0 Å². The highest BCUT2D eigenvalue weighted by Gasteiger charge is 2.04. The van der Waals surface area contributed by atoms with E-state index < -0.39 is 0 Å². The predicted octanol–water partition coefficient (Wildman–Crippen LogP) is 0.433. The molecule has 0 aromatic carbocycles. The van der Waals surface area contributed by atoms with Gasteiger partial charge in [-0.3, -0.25) is 0 Å². The molecule has 1 aliphatic rings. The molecule has 1 saturated carbocycles. The van der Waals surface area contributed by atoms with Crippen molar-refractivity contribution < 1.29 is 4.79 Å². The lowest BCUT2D eigenvalue weighted by Gasteiger charge is -2.08. The van der Waals surface area contributed by atoms with Crippen LogP contribution >= 0.6 is 0 Å². The maximum Gasteiger partial charge on any atom is 0.123 e. The second-order valence-electron chi connectivity index (χ2n) is 2.27. The molecule has 0 aromatic rings. The van der Waals surface area contributed by atoms with E-state index in [9.17, 15) is 4.79 Å². The van der Waals surface area contributed by atoms with Crippen molar-refractivity contribution in [1.82, 2.24) is 0 Å². The molecule has 0 spiro atoms. The molecule has 0 radical (unpaired) electrons. The smallest absolute Gasteiger partial charge is 0.123 e. The summed E-state index contributed by atoms with van der Waals surface area (Å²) < 4.78 is 0. The zero-order chi connectivity index (χ0) is 11.8. The highest BCUT2D eigenvalue weighted by atomic mass is 16.1. The molecule has 0 saturated heterocycles. The summed E-state index contributed by atoms with van der Waals surface area (Å²) in [5.74, 6) is 1.97. The lowest BCUT2D eigenvalue weighted by molar-refractivity contribution is 0.552. The van der Waals surface area contributed by atoms with Crippen molar-refractivity contribution in [3.63, 3.8) is 0 Å². The molecule has 0 heterocycles. The first-order valence-corrected chi connectivity index (χ1v) is 4.89. The Bertz CT molecular complexity index is 123. The highest BCUT2D eigenvalue weighted by molar-refractivity contribution is 5.52. The zero-order valence-electron chi connectivity index (χ0n) is 9.68. The minimum absolute atomic E-state index is 0.997. The quantitative estimate of drug-likeness (QED) is 0.498. The van der Waals surface area contributed by atoms with Crippen LogP contribution in [-0.2, 0) is 4.79 Å². The molecule has 0 unspecified atom stereocenters. The Morgan fingerprint density at radius 1 is 0.857 bits per heavy atom. The van der Waals surface area contributed by atoms with Crippen LogP contribution in [0.1, 0.15) is 32.1 Å². The lowest BCUT2D eigenvalue weighted by Crippen LogP contribution is -1.93. The molecule has 4 nitrogen and oxygen atoms in total. The van der Waals surface area contributed by atoms with Crippen molar-refractivity contribution >= 4 is 5.94 Å². The monoisotopic (exact) mass is 203 g/mol. The van der Waals surface area contributed by atoms with Crippen molar-refractivity contribution in [2.75, 3.05) is 21.1 Å². The van der Waals surface area contributed by atoms with E-state index in [4.69, 9.17) is 0 Å². The minimum atomic E-state index is 0.997. The van der Waals surface area contributed by atoms with Crippen molar-refractivity contribution in [1.29, 1.82) is 0 Å². The van der Waals surface area contributed by atoms with Crippen molar-refractivity contribution in [2.24, 2.45) is 17.2 Å². The molecule has 1 aliphatic carbocycles. The summed E-state index contributed by atoms with van der Waals surface area (Å²) in [5, 5.41) is 0. The average Bonchev–Trinajstić information content (AvgIpc) is 2.37. The second-order valence-corrected chi connectivity index (χ2v) is 2.27. The van der Waals surface area contributed by atoms with Crippen molar-refractivity contribution in [3.8, 4) is 0 Å². The molecule has 1 rings (SSSR count). The third-order valence-electron chi connectivity index (χ3n) is 1.60. The van der Waals surface area contributed by atoms with Gasteiger partial charge in [-0.05, 0) is 46.8 Å². The van der Waals surface area contributed by atoms with E-state index in [0.717, 1.165) is 18.4 Å². The Hall–Kier alpha value is -0.670. The summed E-state index contributed by atoms with van der Waals surface area (Å²) in [6.07, 6.45) is 5.70. The summed E-state index contributed by atoms with van der Waals surface area (Å²) in [6.45, 7) is 0. The third kappa shape index (κ3) is 13.9. The summed E-state index contributed by atoms with van der Waals surface area (Å²) >= 11 is 0. The first kappa shape index (κ1) is 19.0. The summed E-state index contributed by atoms with van der Waals surface area (Å²) in [7, 11) is 4.50. The number of nitrogens with two attached hydrogens (primary N) is 3. The van der Waals surface area contributed by atoms with Crippen LogP contribution in [0.3, 0.4) is 0 Å². The number of hydrogen-bond donors (Lipinski definition) is 3. The Balaban J connectivity index is -0.000000174. The van der Waals surface area contributed by atoms with Gasteiger partial charge in [-0.25, -0.2) is 4.79 Å². The van der Waals surface area contributed by atoms with E-state index in [1.807, 2.05) is 5.94 Å². The maximum absolute atomic E-state index is 10.00. The lowest BCUT2D eigenvalue weighted by atomic mass is 9.96. The van der Waals surface area contributed by atoms with E-state index in [1.165, 1.54) is 40.4 Å². The first-order chi connectivity index (χ1) is 6.93. The molecule has 0 bridgehead atoms. The van der Waals surface area contributed by atoms with E-state index >= 15 is 0 Å². The fourth-order valence-electron chi connectivity index (χ4n) is 1.08. The molecular weight excluding hydrogens is 178 g/mol. The van der Waals surface area contributed by atoms with Gasteiger partial charge in [0.15, 0.2) is 0 Å². The van der Waals surface area contributed by atoms with Gasteiger partial charge in [0.25, 0.3) is 0 Å². The third-order valence-corrected chi connectivity index (χ3v) is 1.60. The van der Waals surface area contributed by atoms with E-state index in [-0.39, 0.29) is 0 Å². The van der Waals surface area contributed by atoms with Gasteiger partial charge in [-0.1, -0.05) is 6.42 Å². The van der Waals surface area contributed by atoms with Crippen LogP contribution in [0.5, 0.6) is 0 Å². The molecule has 1 fully saturated rings. The highest BCUT2D eigenvalue weighted by Crippen LogP contribution is 2.19. The van der Waals surface area contributed by atoms with E-state index in [1.54, 1.807) is 0 Å². The summed E-state index contributed by atoms with van der Waals surface area (Å²) in [6, 6.07) is 0. The standard InChI is InChI=1S/C7H10O.3CH5N/c8-6-7-4-2-1-3-5-7;3*1-2/h1-5H2;3*2H2,1H3. The van der Waals surface area contributed by atoms with Gasteiger partial charge in [0.1, 0.15) is 5.94 Å². The van der Waals surface area contributed by atoms with Crippen LogP contribution in [0.4, 0.5) is 0 Å². The SMILES string of the molecule is CN.CN.CN.O=C=C1CCCCC1. The van der Waals surface area contributed by atoms with Gasteiger partial charge in [0.2, 0.25) is 0 Å². The fourth-order valence-corrected chi connectivity index (χ4v) is 1.08. The van der Waals surface area contributed by atoms with E-state index in [0.29, 0.717) is 0 Å². The first-order valence-electron chi connectivity index (χ1n) is 4.89. The molecule has 0 aliphatic heterocycles. The van der Waals surface area contributed by atoms with Crippen LogP contribution in [-0.4, -0.2) is 27.1 Å². The maximum atomic E-state index is 10.00. The largest absolute Gasteiger partial charge is 0.333 e. The summed E-state index contributed by atoms with van der Waals surface area (Å²) in [4.78, 5) is 10.00. The molecule has 4 heteroatoms. The zero-order valence-corrected chi connectivity index (χ0v) is 9.68. The molecular formula is C10H25N3O. The van der Waals surface area contributed by atoms with Crippen LogP contribution < -0.4 is 17.2 Å². The number of carbonyl (C=O) groups excluding carboxylic acids is 1. The number of hydrogen-bond acceptors (Lipinski definition) is 4. The number of allylic oxidation sites excluding steroid dienone is 1. The molecule has 86 valence electrons. The van der Waals surface area contributed by atoms with Gasteiger partial charge in [0, 0.05) is 5.57 Å². The Labute approximate surface area is 87.5 Å². The van der Waals surface area contributed by atoms with Gasteiger partial charge < -0.3 is 17.2 Å². The van der Waals surface area contributed by atoms with Gasteiger partial charge >= 0.3 is 0 Å². The Morgan fingerprint density at radius 3 is 1.43 bits per heavy atom. The molecule has 6 N–H and O–H groups in total. The van der Waals surface area contributed by atoms with Gasteiger partial charge in [0.05, 0.1) is 0 Å². The van der Waals surface area contributed by atoms with Crippen molar-refractivity contribution in [2.45, 2.75) is 32.1 Å². The normalized spacial score (nSPS) is 12.9. The molecule has 0 atom stereocenters. The fraction of sp³-hybridized carbons (Fsp3) is 0.800. The Kier molecular flexibility index (Phi) is 30.9. The van der Waals surface area contributed by atoms with Crippen LogP contribution in [0.15, 0.2) is 5.57 Å². The Morgan fingerprint density at radius 2 is 1.21 bits per heavy atom. The molecule has 0 amide bonds. The van der Waals surface area contributed by atoms with E-state index in [2.05, 4.69) is 17.2 Å². The van der Waals surface area contributed by atoms with Crippen molar-refractivity contribution in [3.05, 3.63) is 5.57 Å². The number of rotatable bonds is 0. The minimum Gasteiger partial charge on any atom is -0.333 e. The topological polar surface area (TPSA) is 95.1 Å².